The smallest absolute Gasteiger partial charge is 0.0790 e. The van der Waals surface area contributed by atoms with Gasteiger partial charge in [0.05, 0.1) is 6.10 Å². The Morgan fingerprint density at radius 3 is 2.00 bits per heavy atom. The Hall–Kier alpha value is -0.820. The first-order valence-electron chi connectivity index (χ1n) is 6.04. The maximum atomic E-state index is 10.1. The summed E-state index contributed by atoms with van der Waals surface area (Å²) in [6.45, 7) is 10.8. The lowest BCUT2D eigenvalue weighted by atomic mass is 9.87. The molecule has 0 aliphatic rings. The molecule has 1 unspecified atom stereocenters. The molecule has 0 bridgehead atoms. The summed E-state index contributed by atoms with van der Waals surface area (Å²) >= 11 is 0. The van der Waals surface area contributed by atoms with Gasteiger partial charge >= 0.3 is 0 Å². The van der Waals surface area contributed by atoms with Gasteiger partial charge in [0.15, 0.2) is 0 Å². The van der Waals surface area contributed by atoms with Crippen molar-refractivity contribution < 1.29 is 5.11 Å². The number of aliphatic hydroxyl groups is 1. The van der Waals surface area contributed by atoms with Gasteiger partial charge in [-0.15, -0.1) is 0 Å². The Labute approximate surface area is 99.5 Å². The van der Waals surface area contributed by atoms with Crippen LogP contribution in [0.3, 0.4) is 0 Å². The second kappa shape index (κ2) is 5.01. The zero-order chi connectivity index (χ0) is 12.3. The van der Waals surface area contributed by atoms with Gasteiger partial charge in [-0.2, -0.15) is 0 Å². The fraction of sp³-hybridized carbons (Fsp3) is 0.600. The lowest BCUT2D eigenvalue weighted by Gasteiger charge is -2.20. The SMILES string of the molecule is Cc1cc(C)cc(C(O)CCC(C)(C)C)c1. The highest BCUT2D eigenvalue weighted by Crippen LogP contribution is 2.28. The third-order valence-corrected chi connectivity index (χ3v) is 2.80. The normalized spacial score (nSPS) is 13.9. The summed E-state index contributed by atoms with van der Waals surface area (Å²) in [6, 6.07) is 6.31. The summed E-state index contributed by atoms with van der Waals surface area (Å²) in [4.78, 5) is 0. The van der Waals surface area contributed by atoms with E-state index in [2.05, 4.69) is 52.8 Å². The summed E-state index contributed by atoms with van der Waals surface area (Å²) in [5.41, 5.74) is 3.80. The number of benzene rings is 1. The van der Waals surface area contributed by atoms with Crippen LogP contribution < -0.4 is 0 Å². The minimum absolute atomic E-state index is 0.292. The molecule has 1 aromatic carbocycles. The standard InChI is InChI=1S/C15H24O/c1-11-8-12(2)10-13(9-11)14(16)6-7-15(3,4)5/h8-10,14,16H,6-7H2,1-5H3. The van der Waals surface area contributed by atoms with Crippen LogP contribution in [0.4, 0.5) is 0 Å². The van der Waals surface area contributed by atoms with Gasteiger partial charge in [0.1, 0.15) is 0 Å². The van der Waals surface area contributed by atoms with E-state index in [1.54, 1.807) is 0 Å². The highest BCUT2D eigenvalue weighted by atomic mass is 16.3. The topological polar surface area (TPSA) is 20.2 Å². The van der Waals surface area contributed by atoms with Crippen molar-refractivity contribution in [1.82, 2.24) is 0 Å². The van der Waals surface area contributed by atoms with Gasteiger partial charge in [0.25, 0.3) is 0 Å². The quantitative estimate of drug-likeness (QED) is 0.810. The van der Waals surface area contributed by atoms with Gasteiger partial charge in [0, 0.05) is 0 Å². The molecule has 1 nitrogen and oxygen atoms in total. The van der Waals surface area contributed by atoms with Crippen LogP contribution in [0.25, 0.3) is 0 Å². The predicted octanol–water partition coefficient (Wildman–Crippen LogP) is 4.16. The van der Waals surface area contributed by atoms with E-state index in [4.69, 9.17) is 0 Å². The molecule has 1 atom stereocenters. The molecule has 90 valence electrons. The summed E-state index contributed by atoms with van der Waals surface area (Å²) < 4.78 is 0. The van der Waals surface area contributed by atoms with Gasteiger partial charge in [0.2, 0.25) is 0 Å². The van der Waals surface area contributed by atoms with E-state index >= 15 is 0 Å². The van der Waals surface area contributed by atoms with Crippen LogP contribution in [-0.2, 0) is 0 Å². The zero-order valence-corrected chi connectivity index (χ0v) is 11.2. The maximum absolute atomic E-state index is 10.1. The summed E-state index contributed by atoms with van der Waals surface area (Å²) in [7, 11) is 0. The molecule has 0 radical (unpaired) electrons. The third kappa shape index (κ3) is 4.36. The molecule has 0 aromatic heterocycles. The minimum atomic E-state index is -0.321. The number of aryl methyl sites for hydroxylation is 2. The first kappa shape index (κ1) is 13.2. The van der Waals surface area contributed by atoms with Crippen molar-refractivity contribution >= 4 is 0 Å². The highest BCUT2D eigenvalue weighted by molar-refractivity contribution is 5.29. The number of rotatable bonds is 3. The molecule has 0 saturated carbocycles. The van der Waals surface area contributed by atoms with Crippen LogP contribution in [0.15, 0.2) is 18.2 Å². The Kier molecular flexibility index (Phi) is 4.15. The number of hydrogen-bond acceptors (Lipinski definition) is 1. The summed E-state index contributed by atoms with van der Waals surface area (Å²) in [6.07, 6.45) is 1.56. The maximum Gasteiger partial charge on any atom is 0.0790 e. The molecule has 0 spiro atoms. The van der Waals surface area contributed by atoms with Crippen LogP contribution >= 0.6 is 0 Å². The van der Waals surface area contributed by atoms with Crippen molar-refractivity contribution in [3.05, 3.63) is 34.9 Å². The van der Waals surface area contributed by atoms with Crippen molar-refractivity contribution in [1.29, 1.82) is 0 Å². The van der Waals surface area contributed by atoms with Gasteiger partial charge in [-0.25, -0.2) is 0 Å². The third-order valence-electron chi connectivity index (χ3n) is 2.80. The molecule has 1 heteroatoms. The molecule has 0 aliphatic heterocycles. The largest absolute Gasteiger partial charge is 0.388 e. The molecule has 1 N–H and O–H groups in total. The van der Waals surface area contributed by atoms with E-state index in [0.29, 0.717) is 5.41 Å². The molecule has 0 fully saturated rings. The van der Waals surface area contributed by atoms with Crippen molar-refractivity contribution in [2.75, 3.05) is 0 Å². The van der Waals surface area contributed by atoms with Crippen LogP contribution in [0.5, 0.6) is 0 Å². The van der Waals surface area contributed by atoms with Crippen LogP contribution in [0, 0.1) is 19.3 Å². The highest BCUT2D eigenvalue weighted by Gasteiger charge is 2.15. The van der Waals surface area contributed by atoms with Crippen LogP contribution in [0.1, 0.15) is 56.4 Å². The van der Waals surface area contributed by atoms with E-state index in [1.165, 1.54) is 11.1 Å². The lowest BCUT2D eigenvalue weighted by Crippen LogP contribution is -2.08. The Morgan fingerprint density at radius 2 is 1.56 bits per heavy atom. The van der Waals surface area contributed by atoms with Crippen LogP contribution in [0.2, 0.25) is 0 Å². The molecule has 0 aliphatic carbocycles. The first-order chi connectivity index (χ1) is 7.28. The van der Waals surface area contributed by atoms with E-state index in [0.717, 1.165) is 18.4 Å². The predicted molar refractivity (Wildman–Crippen MR) is 69.6 cm³/mol. The monoisotopic (exact) mass is 220 g/mol. The summed E-state index contributed by atoms with van der Waals surface area (Å²) in [5.74, 6) is 0. The Bertz CT molecular complexity index is 327. The van der Waals surface area contributed by atoms with Crippen molar-refractivity contribution in [3.63, 3.8) is 0 Å². The Morgan fingerprint density at radius 1 is 1.06 bits per heavy atom. The van der Waals surface area contributed by atoms with E-state index in [1.807, 2.05) is 0 Å². The molecule has 0 saturated heterocycles. The molecule has 16 heavy (non-hydrogen) atoms. The second-order valence-electron chi connectivity index (χ2n) is 6.04. The lowest BCUT2D eigenvalue weighted by molar-refractivity contribution is 0.147. The van der Waals surface area contributed by atoms with Crippen molar-refractivity contribution in [2.24, 2.45) is 5.41 Å². The fourth-order valence-electron chi connectivity index (χ4n) is 1.94. The molecular weight excluding hydrogens is 196 g/mol. The minimum Gasteiger partial charge on any atom is -0.388 e. The fourth-order valence-corrected chi connectivity index (χ4v) is 1.94. The average Bonchev–Trinajstić information content (AvgIpc) is 2.11. The van der Waals surface area contributed by atoms with Crippen molar-refractivity contribution in [2.45, 2.75) is 53.6 Å². The Balaban J connectivity index is 2.69. The van der Waals surface area contributed by atoms with E-state index in [9.17, 15) is 5.11 Å². The van der Waals surface area contributed by atoms with Crippen molar-refractivity contribution in [3.8, 4) is 0 Å². The van der Waals surface area contributed by atoms with Gasteiger partial charge in [-0.3, -0.25) is 0 Å². The molecule has 0 amide bonds. The summed E-state index contributed by atoms with van der Waals surface area (Å²) in [5, 5.41) is 10.1. The van der Waals surface area contributed by atoms with E-state index < -0.39 is 0 Å². The zero-order valence-electron chi connectivity index (χ0n) is 11.2. The van der Waals surface area contributed by atoms with Gasteiger partial charge < -0.3 is 5.11 Å². The van der Waals surface area contributed by atoms with E-state index in [-0.39, 0.29) is 6.10 Å². The second-order valence-corrected chi connectivity index (χ2v) is 6.04. The van der Waals surface area contributed by atoms with Gasteiger partial charge in [-0.1, -0.05) is 50.1 Å². The first-order valence-corrected chi connectivity index (χ1v) is 6.04. The number of hydrogen-bond donors (Lipinski definition) is 1. The molecule has 1 aromatic rings. The molecule has 1 rings (SSSR count). The molecular formula is C15H24O. The average molecular weight is 220 g/mol. The van der Waals surface area contributed by atoms with Crippen LogP contribution in [-0.4, -0.2) is 5.11 Å². The van der Waals surface area contributed by atoms with Gasteiger partial charge in [-0.05, 0) is 37.7 Å². The number of aliphatic hydroxyl groups excluding tert-OH is 1. The molecule has 0 heterocycles.